The van der Waals surface area contributed by atoms with Crippen molar-refractivity contribution in [1.29, 1.82) is 0 Å². The third-order valence-corrected chi connectivity index (χ3v) is 14.5. The van der Waals surface area contributed by atoms with Crippen molar-refractivity contribution in [1.82, 2.24) is 15.0 Å². The van der Waals surface area contributed by atoms with E-state index in [9.17, 15) is 0 Å². The van der Waals surface area contributed by atoms with E-state index in [1.807, 2.05) is 6.07 Å². The molecule has 0 atom stereocenters. The largest absolute Gasteiger partial charge is 0.208 e. The highest BCUT2D eigenvalue weighted by Crippen LogP contribution is 2.37. The minimum atomic E-state index is -1.90. The Kier molecular flexibility index (Phi) is 7.27. The van der Waals surface area contributed by atoms with Crippen LogP contribution in [0.3, 0.4) is 0 Å². The van der Waals surface area contributed by atoms with Crippen LogP contribution in [0.25, 0.3) is 89.1 Å². The van der Waals surface area contributed by atoms with E-state index in [1.165, 1.54) is 48.6 Å². The Morgan fingerprint density at radius 1 is 0.321 bits per heavy atom. The first kappa shape index (κ1) is 31.3. The van der Waals surface area contributed by atoms with Gasteiger partial charge in [0.25, 0.3) is 0 Å². The van der Waals surface area contributed by atoms with E-state index in [1.54, 1.807) is 0 Å². The van der Waals surface area contributed by atoms with Gasteiger partial charge in [0.1, 0.15) is 8.07 Å². The van der Waals surface area contributed by atoms with Crippen molar-refractivity contribution >= 4 is 40.0 Å². The van der Waals surface area contributed by atoms with Crippen LogP contribution in [-0.2, 0) is 0 Å². The Morgan fingerprint density at radius 3 is 1.64 bits per heavy atom. The smallest absolute Gasteiger partial charge is 0.164 e. The van der Waals surface area contributed by atoms with Crippen LogP contribution in [0.15, 0.2) is 176 Å². The second-order valence-electron chi connectivity index (χ2n) is 14.5. The minimum absolute atomic E-state index is 0.652. The molecular formula is C49H35N3Si. The van der Waals surface area contributed by atoms with Gasteiger partial charge in [-0.05, 0) is 77.4 Å². The van der Waals surface area contributed by atoms with Crippen LogP contribution in [0.2, 0.25) is 13.1 Å². The molecule has 1 aromatic heterocycles. The van der Waals surface area contributed by atoms with Crippen LogP contribution >= 0.6 is 0 Å². The van der Waals surface area contributed by atoms with Gasteiger partial charge < -0.3 is 0 Å². The Bertz CT molecular complexity index is 2850. The van der Waals surface area contributed by atoms with Gasteiger partial charge >= 0.3 is 0 Å². The molecule has 0 amide bonds. The molecular weight excluding hydrogens is 659 g/mol. The van der Waals surface area contributed by atoms with Gasteiger partial charge in [0, 0.05) is 16.7 Å². The maximum absolute atomic E-state index is 5.24. The van der Waals surface area contributed by atoms with E-state index in [4.69, 9.17) is 15.0 Å². The predicted octanol–water partition coefficient (Wildman–Crippen LogP) is 11.3. The molecule has 53 heavy (non-hydrogen) atoms. The second-order valence-corrected chi connectivity index (χ2v) is 18.8. The quantitative estimate of drug-likeness (QED) is 0.168. The lowest BCUT2D eigenvalue weighted by Gasteiger charge is -2.19. The Morgan fingerprint density at radius 2 is 0.849 bits per heavy atom. The summed E-state index contributed by atoms with van der Waals surface area (Å²) in [6.07, 6.45) is 0. The molecule has 0 saturated carbocycles. The maximum Gasteiger partial charge on any atom is 0.164 e. The highest BCUT2D eigenvalue weighted by molar-refractivity contribution is 7.04. The number of hydrogen-bond acceptors (Lipinski definition) is 3. The molecule has 250 valence electrons. The number of aromatic nitrogens is 3. The molecule has 0 saturated heterocycles. The zero-order valence-electron chi connectivity index (χ0n) is 29.6. The number of nitrogens with zero attached hydrogens (tertiary/aromatic N) is 3. The molecule has 10 rings (SSSR count). The zero-order chi connectivity index (χ0) is 35.5. The van der Waals surface area contributed by atoms with Gasteiger partial charge in [-0.1, -0.05) is 177 Å². The summed E-state index contributed by atoms with van der Waals surface area (Å²) in [5.74, 6) is 1.98. The first-order valence-corrected chi connectivity index (χ1v) is 21.2. The Hall–Kier alpha value is -6.49. The molecule has 0 radical (unpaired) electrons. The topological polar surface area (TPSA) is 38.7 Å². The summed E-state index contributed by atoms with van der Waals surface area (Å²) < 4.78 is 0. The summed E-state index contributed by atoms with van der Waals surface area (Å²) in [4.78, 5) is 15.6. The molecule has 8 aromatic carbocycles. The first-order chi connectivity index (χ1) is 26.0. The fourth-order valence-electron chi connectivity index (χ4n) is 8.15. The predicted molar refractivity (Wildman–Crippen MR) is 224 cm³/mol. The number of rotatable bonds is 5. The van der Waals surface area contributed by atoms with Gasteiger partial charge in [-0.15, -0.1) is 0 Å². The van der Waals surface area contributed by atoms with Gasteiger partial charge in [-0.25, -0.2) is 15.0 Å². The van der Waals surface area contributed by atoms with Crippen molar-refractivity contribution in [2.24, 2.45) is 0 Å². The normalized spacial score (nSPS) is 12.9. The molecule has 0 aliphatic carbocycles. The van der Waals surface area contributed by atoms with Crippen LogP contribution in [0.5, 0.6) is 0 Å². The summed E-state index contributed by atoms with van der Waals surface area (Å²) in [6.45, 7) is 4.93. The summed E-state index contributed by atoms with van der Waals surface area (Å²) in [5.41, 5.74) is 10.1. The molecule has 1 aliphatic rings. The zero-order valence-corrected chi connectivity index (χ0v) is 30.6. The lowest BCUT2D eigenvalue weighted by molar-refractivity contribution is 1.07. The van der Waals surface area contributed by atoms with E-state index in [-0.39, 0.29) is 0 Å². The van der Waals surface area contributed by atoms with Gasteiger partial charge in [-0.3, -0.25) is 0 Å². The van der Waals surface area contributed by atoms with Gasteiger partial charge in [0.2, 0.25) is 0 Å². The molecule has 0 N–H and O–H groups in total. The molecule has 0 unspecified atom stereocenters. The van der Waals surface area contributed by atoms with Gasteiger partial charge in [0.15, 0.2) is 17.5 Å². The number of fused-ring (bicyclic) bond motifs is 5. The van der Waals surface area contributed by atoms with Gasteiger partial charge in [0.05, 0.1) is 0 Å². The molecule has 0 fully saturated rings. The lowest BCUT2D eigenvalue weighted by atomic mass is 9.97. The van der Waals surface area contributed by atoms with Crippen LogP contribution in [0.1, 0.15) is 0 Å². The summed E-state index contributed by atoms with van der Waals surface area (Å²) in [7, 11) is -1.90. The number of hydrogen-bond donors (Lipinski definition) is 0. The summed E-state index contributed by atoms with van der Waals surface area (Å²) in [6, 6.07) is 62.9. The van der Waals surface area contributed by atoms with E-state index < -0.39 is 8.07 Å². The molecule has 9 aromatic rings. The molecule has 2 heterocycles. The minimum Gasteiger partial charge on any atom is -0.208 e. The van der Waals surface area contributed by atoms with Crippen molar-refractivity contribution in [2.45, 2.75) is 13.1 Å². The highest BCUT2D eigenvalue weighted by atomic mass is 28.3. The fourth-order valence-corrected chi connectivity index (χ4v) is 11.2. The van der Waals surface area contributed by atoms with Crippen molar-refractivity contribution in [3.05, 3.63) is 176 Å². The Labute approximate surface area is 310 Å². The van der Waals surface area contributed by atoms with E-state index in [0.29, 0.717) is 17.5 Å². The average Bonchev–Trinajstić information content (AvgIpc) is 3.44. The van der Waals surface area contributed by atoms with E-state index in [0.717, 1.165) is 33.4 Å². The molecule has 0 spiro atoms. The lowest BCUT2D eigenvalue weighted by Crippen LogP contribution is -2.49. The first-order valence-electron chi connectivity index (χ1n) is 18.2. The van der Waals surface area contributed by atoms with Crippen LogP contribution in [0.4, 0.5) is 0 Å². The summed E-state index contributed by atoms with van der Waals surface area (Å²) >= 11 is 0. The third kappa shape index (κ3) is 5.30. The fraction of sp³-hybridized carbons (Fsp3) is 0.0408. The Balaban J connectivity index is 1.14. The van der Waals surface area contributed by atoms with Crippen LogP contribution in [0, 0.1) is 0 Å². The maximum atomic E-state index is 5.24. The van der Waals surface area contributed by atoms with Crippen molar-refractivity contribution in [3.63, 3.8) is 0 Å². The van der Waals surface area contributed by atoms with Gasteiger partial charge in [-0.2, -0.15) is 0 Å². The molecule has 0 bridgehead atoms. The monoisotopic (exact) mass is 693 g/mol. The molecule has 3 nitrogen and oxygen atoms in total. The van der Waals surface area contributed by atoms with Crippen molar-refractivity contribution < 1.29 is 0 Å². The van der Waals surface area contributed by atoms with Crippen molar-refractivity contribution in [2.75, 3.05) is 0 Å². The number of benzene rings is 8. The standard InChI is InChI=1S/C49H35N3Si/c1-53(2)45-28-27-38(30-43(45)44-29-36-16-6-7-17-37(36)31-46(44)53)48-50-47(51-49(52-48)42-21-11-10-20-41(42)32-13-4-3-5-14-32)35-25-23-34(24-26-35)40-22-12-18-33-15-8-9-19-39(33)40/h3-31H,1-2H3. The average molecular weight is 694 g/mol. The summed E-state index contributed by atoms with van der Waals surface area (Å²) in [5, 5.41) is 7.98. The van der Waals surface area contributed by atoms with E-state index >= 15 is 0 Å². The van der Waals surface area contributed by atoms with Crippen LogP contribution < -0.4 is 10.4 Å². The van der Waals surface area contributed by atoms with E-state index in [2.05, 4.69) is 183 Å². The molecule has 1 aliphatic heterocycles. The van der Waals surface area contributed by atoms with Crippen molar-refractivity contribution in [3.8, 4) is 67.5 Å². The van der Waals surface area contributed by atoms with Crippen LogP contribution in [-0.4, -0.2) is 23.0 Å². The highest BCUT2D eigenvalue weighted by Gasteiger charge is 2.38. The molecule has 4 heteroatoms. The third-order valence-electron chi connectivity index (χ3n) is 10.9. The SMILES string of the molecule is C[Si]1(C)c2ccc(-c3nc(-c4ccc(-c5cccc6ccccc56)cc4)nc(-c4ccccc4-c4ccccc4)n3)cc2-c2cc3ccccc3cc21. The second kappa shape index (κ2) is 12.3.